The summed E-state index contributed by atoms with van der Waals surface area (Å²) in [7, 11) is 0. The molecule has 2 N–H and O–H groups in total. The number of likely N-dealkylation sites (tertiary alicyclic amines) is 1. The Balaban J connectivity index is 1.91. The second kappa shape index (κ2) is 7.25. The molecule has 2 fully saturated rings. The lowest BCUT2D eigenvalue weighted by Crippen LogP contribution is -2.53. The molecule has 0 unspecified atom stereocenters. The van der Waals surface area contributed by atoms with Gasteiger partial charge in [-0.2, -0.15) is 0 Å². The predicted octanol–water partition coefficient (Wildman–Crippen LogP) is 2.01. The maximum Gasteiger partial charge on any atom is 0.305 e. The Morgan fingerprint density at radius 3 is 2.33 bits per heavy atom. The van der Waals surface area contributed by atoms with Crippen molar-refractivity contribution in [1.82, 2.24) is 10.2 Å². The predicted molar refractivity (Wildman–Crippen MR) is 81.0 cm³/mol. The van der Waals surface area contributed by atoms with Crippen molar-refractivity contribution in [3.8, 4) is 0 Å². The van der Waals surface area contributed by atoms with Gasteiger partial charge >= 0.3 is 5.97 Å². The van der Waals surface area contributed by atoms with Crippen LogP contribution in [0.4, 0.5) is 0 Å². The summed E-state index contributed by atoms with van der Waals surface area (Å²) in [5.41, 5.74) is -0.513. The second-order valence-corrected chi connectivity index (χ2v) is 6.81. The lowest BCUT2D eigenvalue weighted by atomic mass is 9.79. The van der Waals surface area contributed by atoms with E-state index in [2.05, 4.69) is 10.2 Å². The summed E-state index contributed by atoms with van der Waals surface area (Å²) in [5, 5.41) is 12.2. The van der Waals surface area contributed by atoms with Gasteiger partial charge in [0.25, 0.3) is 0 Å². The lowest BCUT2D eigenvalue weighted by Gasteiger charge is -2.38. The zero-order chi connectivity index (χ0) is 15.3. The number of carboxylic acids is 1. The molecule has 1 heterocycles. The molecule has 0 spiro atoms. The standard InChI is InChI=1S/C16H28N2O3/c1-13(12-18-9-5-6-10-18)15(21)17-16(11-14(19)20)7-3-2-4-8-16/h13H,2-12H2,1H3,(H,17,21)(H,19,20)/t13-/m1/s1. The SMILES string of the molecule is C[C@H](CN1CCCC1)C(=O)NC1(CC(=O)O)CCCCC1. The molecule has 1 aliphatic carbocycles. The van der Waals surface area contributed by atoms with E-state index in [1.807, 2.05) is 6.92 Å². The van der Waals surface area contributed by atoms with Gasteiger partial charge in [0.05, 0.1) is 12.0 Å². The number of nitrogens with one attached hydrogen (secondary N) is 1. The van der Waals surface area contributed by atoms with Gasteiger partial charge in [-0.25, -0.2) is 0 Å². The van der Waals surface area contributed by atoms with Gasteiger partial charge in [-0.3, -0.25) is 9.59 Å². The van der Waals surface area contributed by atoms with Crippen LogP contribution < -0.4 is 5.32 Å². The highest BCUT2D eigenvalue weighted by atomic mass is 16.4. The maximum atomic E-state index is 12.5. The van der Waals surface area contributed by atoms with E-state index in [-0.39, 0.29) is 18.2 Å². The van der Waals surface area contributed by atoms with Gasteiger partial charge in [-0.1, -0.05) is 26.2 Å². The Hall–Kier alpha value is -1.10. The average Bonchev–Trinajstić information content (AvgIpc) is 2.91. The number of carbonyl (C=O) groups excluding carboxylic acids is 1. The van der Waals surface area contributed by atoms with Crippen LogP contribution in [0.1, 0.15) is 58.3 Å². The molecule has 0 aromatic carbocycles. The van der Waals surface area contributed by atoms with Gasteiger partial charge in [0.15, 0.2) is 0 Å². The van der Waals surface area contributed by atoms with Crippen LogP contribution in [0.2, 0.25) is 0 Å². The average molecular weight is 296 g/mol. The Morgan fingerprint density at radius 2 is 1.76 bits per heavy atom. The summed E-state index contributed by atoms with van der Waals surface area (Å²) in [6.45, 7) is 4.90. The summed E-state index contributed by atoms with van der Waals surface area (Å²) in [5.74, 6) is -0.870. The van der Waals surface area contributed by atoms with Gasteiger partial charge < -0.3 is 15.3 Å². The molecule has 1 aliphatic heterocycles. The molecular weight excluding hydrogens is 268 g/mol. The summed E-state index contributed by atoms with van der Waals surface area (Å²) < 4.78 is 0. The molecule has 0 aromatic rings. The highest BCUT2D eigenvalue weighted by Gasteiger charge is 2.36. The van der Waals surface area contributed by atoms with Crippen LogP contribution in [-0.2, 0) is 9.59 Å². The topological polar surface area (TPSA) is 69.6 Å². The largest absolute Gasteiger partial charge is 0.481 e. The number of hydrogen-bond donors (Lipinski definition) is 2. The third kappa shape index (κ3) is 4.70. The third-order valence-corrected chi connectivity index (χ3v) is 4.87. The number of nitrogens with zero attached hydrogens (tertiary/aromatic N) is 1. The van der Waals surface area contributed by atoms with Crippen molar-refractivity contribution in [2.45, 2.75) is 63.8 Å². The van der Waals surface area contributed by atoms with Crippen molar-refractivity contribution >= 4 is 11.9 Å². The molecule has 1 atom stereocenters. The van der Waals surface area contributed by atoms with Crippen molar-refractivity contribution < 1.29 is 14.7 Å². The molecule has 1 saturated heterocycles. The zero-order valence-corrected chi connectivity index (χ0v) is 13.1. The highest BCUT2D eigenvalue weighted by molar-refractivity contribution is 5.80. The molecule has 5 nitrogen and oxygen atoms in total. The van der Waals surface area contributed by atoms with Gasteiger partial charge in [-0.15, -0.1) is 0 Å². The number of carboxylic acid groups (broad SMARTS) is 1. The minimum Gasteiger partial charge on any atom is -0.481 e. The summed E-state index contributed by atoms with van der Waals surface area (Å²) >= 11 is 0. The summed E-state index contributed by atoms with van der Waals surface area (Å²) in [6.07, 6.45) is 7.23. The van der Waals surface area contributed by atoms with E-state index in [0.717, 1.165) is 51.7 Å². The molecular formula is C16H28N2O3. The molecule has 0 bridgehead atoms. The van der Waals surface area contributed by atoms with E-state index >= 15 is 0 Å². The fourth-order valence-electron chi connectivity index (χ4n) is 3.68. The van der Waals surface area contributed by atoms with Crippen molar-refractivity contribution in [2.75, 3.05) is 19.6 Å². The maximum absolute atomic E-state index is 12.5. The van der Waals surface area contributed by atoms with E-state index in [1.165, 1.54) is 12.8 Å². The lowest BCUT2D eigenvalue weighted by molar-refractivity contribution is -0.140. The molecule has 2 aliphatic rings. The molecule has 21 heavy (non-hydrogen) atoms. The van der Waals surface area contributed by atoms with Crippen molar-refractivity contribution in [3.63, 3.8) is 0 Å². The van der Waals surface area contributed by atoms with Crippen molar-refractivity contribution in [1.29, 1.82) is 0 Å². The third-order valence-electron chi connectivity index (χ3n) is 4.87. The minimum atomic E-state index is -0.815. The van der Waals surface area contributed by atoms with Crippen LogP contribution in [0.25, 0.3) is 0 Å². The van der Waals surface area contributed by atoms with E-state index < -0.39 is 11.5 Å². The molecule has 5 heteroatoms. The fourth-order valence-corrected chi connectivity index (χ4v) is 3.68. The molecule has 1 amide bonds. The van der Waals surface area contributed by atoms with Gasteiger partial charge in [0.1, 0.15) is 0 Å². The quantitative estimate of drug-likeness (QED) is 0.786. The number of aliphatic carboxylic acids is 1. The van der Waals surface area contributed by atoms with Crippen LogP contribution in [0.5, 0.6) is 0 Å². The van der Waals surface area contributed by atoms with Crippen LogP contribution in [0, 0.1) is 5.92 Å². The number of carbonyl (C=O) groups is 2. The fraction of sp³-hybridized carbons (Fsp3) is 0.875. The van der Waals surface area contributed by atoms with E-state index in [9.17, 15) is 9.59 Å². The molecule has 2 rings (SSSR count). The Kier molecular flexibility index (Phi) is 5.62. The Labute approximate surface area is 127 Å². The Bertz CT molecular complexity index is 372. The summed E-state index contributed by atoms with van der Waals surface area (Å²) in [4.78, 5) is 25.9. The zero-order valence-electron chi connectivity index (χ0n) is 13.1. The smallest absolute Gasteiger partial charge is 0.305 e. The van der Waals surface area contributed by atoms with E-state index in [0.29, 0.717) is 0 Å². The first-order valence-corrected chi connectivity index (χ1v) is 8.27. The van der Waals surface area contributed by atoms with Crippen molar-refractivity contribution in [3.05, 3.63) is 0 Å². The second-order valence-electron chi connectivity index (χ2n) is 6.81. The highest BCUT2D eigenvalue weighted by Crippen LogP contribution is 2.31. The van der Waals surface area contributed by atoms with Crippen LogP contribution in [0.15, 0.2) is 0 Å². The molecule has 1 saturated carbocycles. The minimum absolute atomic E-state index is 0.0186. The molecule has 0 aromatic heterocycles. The van der Waals surface area contributed by atoms with Crippen LogP contribution in [0.3, 0.4) is 0 Å². The summed E-state index contributed by atoms with van der Waals surface area (Å²) in [6, 6.07) is 0. The first-order valence-electron chi connectivity index (χ1n) is 8.27. The first kappa shape index (κ1) is 16.3. The van der Waals surface area contributed by atoms with E-state index in [1.54, 1.807) is 0 Å². The van der Waals surface area contributed by atoms with Crippen molar-refractivity contribution in [2.24, 2.45) is 5.92 Å². The van der Waals surface area contributed by atoms with E-state index in [4.69, 9.17) is 5.11 Å². The van der Waals surface area contributed by atoms with Gasteiger partial charge in [0, 0.05) is 12.5 Å². The van der Waals surface area contributed by atoms with Gasteiger partial charge in [0.2, 0.25) is 5.91 Å². The number of amides is 1. The number of hydrogen-bond acceptors (Lipinski definition) is 3. The molecule has 0 radical (unpaired) electrons. The van der Waals surface area contributed by atoms with Crippen LogP contribution >= 0.6 is 0 Å². The normalized spacial score (nSPS) is 23.7. The van der Waals surface area contributed by atoms with Crippen LogP contribution in [-0.4, -0.2) is 47.1 Å². The monoisotopic (exact) mass is 296 g/mol. The number of rotatable bonds is 6. The van der Waals surface area contributed by atoms with Gasteiger partial charge in [-0.05, 0) is 38.8 Å². The Morgan fingerprint density at radius 1 is 1.14 bits per heavy atom. The molecule has 120 valence electrons. The first-order chi connectivity index (χ1) is 10.0.